The zero-order valence-electron chi connectivity index (χ0n) is 22.0. The van der Waals surface area contributed by atoms with Gasteiger partial charge in [0.15, 0.2) is 5.78 Å². The summed E-state index contributed by atoms with van der Waals surface area (Å²) in [6.45, 7) is 6.09. The van der Waals surface area contributed by atoms with Gasteiger partial charge in [0.2, 0.25) is 11.8 Å². The standard InChI is InChI=1S/C29H34N4O4.ClH/c1-18-8-9-25-21(14-18)24(34)16-29(37-25)10-12-33(13-11-29)26(35)23(32-27(36)28(2,3)30)15-19-17-31-22-7-5-4-6-20(19)22;/h4-9,14,17,23,31H,10-13,15-16,30H2,1-3H3,(H,32,36);1H. The molecule has 2 aliphatic rings. The van der Waals surface area contributed by atoms with E-state index in [2.05, 4.69) is 10.3 Å². The van der Waals surface area contributed by atoms with Crippen molar-refractivity contribution < 1.29 is 19.1 Å². The first-order chi connectivity index (χ1) is 17.5. The van der Waals surface area contributed by atoms with Crippen LogP contribution in [0.15, 0.2) is 48.7 Å². The number of aromatic nitrogens is 1. The van der Waals surface area contributed by atoms with E-state index in [1.54, 1.807) is 18.7 Å². The maximum Gasteiger partial charge on any atom is 0.245 e. The molecule has 2 aromatic carbocycles. The summed E-state index contributed by atoms with van der Waals surface area (Å²) < 4.78 is 6.37. The lowest BCUT2D eigenvalue weighted by Gasteiger charge is -2.44. The molecule has 9 heteroatoms. The summed E-state index contributed by atoms with van der Waals surface area (Å²) in [4.78, 5) is 44.5. The number of nitrogens with zero attached hydrogens (tertiary/aromatic N) is 1. The highest BCUT2D eigenvalue weighted by Gasteiger charge is 2.44. The van der Waals surface area contributed by atoms with Crippen LogP contribution in [0.25, 0.3) is 10.9 Å². The number of hydrogen-bond donors (Lipinski definition) is 3. The smallest absolute Gasteiger partial charge is 0.245 e. The number of ether oxygens (including phenoxy) is 1. The first-order valence-corrected chi connectivity index (χ1v) is 12.8. The number of likely N-dealkylation sites (tertiary alicyclic amines) is 1. The summed E-state index contributed by atoms with van der Waals surface area (Å²) in [6.07, 6.45) is 3.63. The number of aryl methyl sites for hydroxylation is 1. The van der Waals surface area contributed by atoms with Crippen LogP contribution in [-0.4, -0.2) is 57.8 Å². The molecule has 1 spiro atoms. The van der Waals surface area contributed by atoms with Gasteiger partial charge in [-0.05, 0) is 44.5 Å². The molecule has 1 atom stereocenters. The largest absolute Gasteiger partial charge is 0.486 e. The summed E-state index contributed by atoms with van der Waals surface area (Å²) in [5, 5.41) is 3.91. The van der Waals surface area contributed by atoms with E-state index in [1.165, 1.54) is 0 Å². The lowest BCUT2D eigenvalue weighted by molar-refractivity contribution is -0.140. The molecule has 202 valence electrons. The molecule has 0 bridgehead atoms. The average molecular weight is 539 g/mol. The minimum atomic E-state index is -1.12. The number of ketones is 1. The Morgan fingerprint density at radius 1 is 1.18 bits per heavy atom. The Morgan fingerprint density at radius 2 is 1.89 bits per heavy atom. The number of Topliss-reactive ketones (excluding diaryl/α,β-unsaturated/α-hetero) is 1. The molecule has 3 heterocycles. The number of fused-ring (bicyclic) bond motifs is 2. The van der Waals surface area contributed by atoms with Crippen LogP contribution in [0.3, 0.4) is 0 Å². The van der Waals surface area contributed by atoms with Gasteiger partial charge >= 0.3 is 0 Å². The number of carbonyl (C=O) groups excluding carboxylic acids is 3. The van der Waals surface area contributed by atoms with E-state index in [1.807, 2.05) is 55.6 Å². The molecule has 4 N–H and O–H groups in total. The van der Waals surface area contributed by atoms with Crippen molar-refractivity contribution in [1.82, 2.24) is 15.2 Å². The number of benzene rings is 2. The predicted octanol–water partition coefficient (Wildman–Crippen LogP) is 3.69. The summed E-state index contributed by atoms with van der Waals surface area (Å²) >= 11 is 0. The summed E-state index contributed by atoms with van der Waals surface area (Å²) in [5.74, 6) is 0.166. The molecule has 3 aromatic rings. The molecule has 1 unspecified atom stereocenters. The number of hydrogen-bond acceptors (Lipinski definition) is 5. The quantitative estimate of drug-likeness (QED) is 0.458. The summed E-state index contributed by atoms with van der Waals surface area (Å²) in [7, 11) is 0. The summed E-state index contributed by atoms with van der Waals surface area (Å²) in [5.41, 5.74) is 7.89. The SMILES string of the molecule is Cc1ccc2c(c1)C(=O)CC1(CCN(C(=O)C(Cc3c[nH]c4ccccc34)NC(=O)C(C)(C)N)CC1)O2.Cl. The number of rotatable bonds is 5. The van der Waals surface area contributed by atoms with Crippen LogP contribution in [0.5, 0.6) is 5.75 Å². The van der Waals surface area contributed by atoms with Crippen molar-refractivity contribution in [3.05, 3.63) is 65.4 Å². The van der Waals surface area contributed by atoms with Crippen LogP contribution in [0.4, 0.5) is 0 Å². The Balaban J connectivity index is 0.00000336. The molecule has 2 aliphatic heterocycles. The van der Waals surface area contributed by atoms with Gasteiger partial charge < -0.3 is 25.7 Å². The Hall–Kier alpha value is -3.36. The fourth-order valence-corrected chi connectivity index (χ4v) is 5.31. The first-order valence-electron chi connectivity index (χ1n) is 12.8. The topological polar surface area (TPSA) is 118 Å². The average Bonchev–Trinajstić information content (AvgIpc) is 3.26. The fourth-order valence-electron chi connectivity index (χ4n) is 5.31. The van der Waals surface area contributed by atoms with Crippen molar-refractivity contribution >= 4 is 40.9 Å². The van der Waals surface area contributed by atoms with E-state index in [-0.39, 0.29) is 30.0 Å². The van der Waals surface area contributed by atoms with Gasteiger partial charge in [-0.25, -0.2) is 0 Å². The molecule has 38 heavy (non-hydrogen) atoms. The number of H-pyrrole nitrogens is 1. The third kappa shape index (κ3) is 5.42. The second-order valence-corrected chi connectivity index (χ2v) is 11.0. The van der Waals surface area contributed by atoms with Crippen LogP contribution in [0.2, 0.25) is 0 Å². The monoisotopic (exact) mass is 538 g/mol. The van der Waals surface area contributed by atoms with Crippen molar-refractivity contribution in [3.8, 4) is 5.75 Å². The maximum absolute atomic E-state index is 13.7. The molecule has 5 rings (SSSR count). The highest BCUT2D eigenvalue weighted by atomic mass is 35.5. The molecule has 0 aliphatic carbocycles. The number of aromatic amines is 1. The van der Waals surface area contributed by atoms with Gasteiger partial charge in [-0.15, -0.1) is 12.4 Å². The number of piperidine rings is 1. The van der Waals surface area contributed by atoms with E-state index in [9.17, 15) is 14.4 Å². The molecule has 1 aromatic heterocycles. The number of carbonyl (C=O) groups is 3. The van der Waals surface area contributed by atoms with E-state index in [4.69, 9.17) is 10.5 Å². The van der Waals surface area contributed by atoms with Crippen LogP contribution >= 0.6 is 12.4 Å². The molecular weight excluding hydrogens is 504 g/mol. The van der Waals surface area contributed by atoms with Gasteiger partial charge in [-0.2, -0.15) is 0 Å². The minimum Gasteiger partial charge on any atom is -0.486 e. The van der Waals surface area contributed by atoms with Crippen molar-refractivity contribution in [1.29, 1.82) is 0 Å². The van der Waals surface area contributed by atoms with Crippen molar-refractivity contribution in [3.63, 3.8) is 0 Å². The highest BCUT2D eigenvalue weighted by molar-refractivity contribution is 6.00. The van der Waals surface area contributed by atoms with E-state index in [0.29, 0.717) is 50.1 Å². The lowest BCUT2D eigenvalue weighted by Crippen LogP contribution is -2.59. The molecule has 0 radical (unpaired) electrons. The van der Waals surface area contributed by atoms with Gasteiger partial charge in [0.1, 0.15) is 17.4 Å². The number of amides is 2. The number of halogens is 1. The van der Waals surface area contributed by atoms with Gasteiger partial charge in [0.05, 0.1) is 17.5 Å². The maximum atomic E-state index is 13.7. The Kier molecular flexibility index (Phi) is 7.59. The van der Waals surface area contributed by atoms with Crippen molar-refractivity contribution in [2.75, 3.05) is 13.1 Å². The highest BCUT2D eigenvalue weighted by Crippen LogP contribution is 2.39. The molecule has 0 saturated carbocycles. The molecular formula is C29H35ClN4O4. The number of nitrogens with one attached hydrogen (secondary N) is 2. The van der Waals surface area contributed by atoms with Crippen LogP contribution in [0.1, 0.15) is 54.6 Å². The number of para-hydroxylation sites is 1. The van der Waals surface area contributed by atoms with Crippen LogP contribution < -0.4 is 15.8 Å². The zero-order valence-corrected chi connectivity index (χ0v) is 22.8. The molecule has 8 nitrogen and oxygen atoms in total. The Morgan fingerprint density at radius 3 is 2.61 bits per heavy atom. The fraction of sp³-hybridized carbons (Fsp3) is 0.414. The molecule has 2 amide bonds. The van der Waals surface area contributed by atoms with Crippen molar-refractivity contribution in [2.45, 2.75) is 63.6 Å². The second kappa shape index (κ2) is 10.4. The number of nitrogens with two attached hydrogens (primary N) is 1. The van der Waals surface area contributed by atoms with Crippen molar-refractivity contribution in [2.24, 2.45) is 5.73 Å². The van der Waals surface area contributed by atoms with Gasteiger partial charge in [0, 0.05) is 49.5 Å². The first kappa shape index (κ1) is 27.7. The predicted molar refractivity (Wildman–Crippen MR) is 149 cm³/mol. The summed E-state index contributed by atoms with van der Waals surface area (Å²) in [6, 6.07) is 12.8. The molecule has 1 saturated heterocycles. The minimum absolute atomic E-state index is 0. The Labute approximate surface area is 228 Å². The van der Waals surface area contributed by atoms with Crippen LogP contribution in [-0.2, 0) is 16.0 Å². The normalized spacial score (nSPS) is 17.4. The van der Waals surface area contributed by atoms with E-state index >= 15 is 0 Å². The van der Waals surface area contributed by atoms with Gasteiger partial charge in [-0.1, -0.05) is 29.8 Å². The second-order valence-electron chi connectivity index (χ2n) is 11.0. The third-order valence-corrected chi connectivity index (χ3v) is 7.52. The lowest BCUT2D eigenvalue weighted by atomic mass is 9.82. The molecule has 1 fully saturated rings. The van der Waals surface area contributed by atoms with Gasteiger partial charge in [0.25, 0.3) is 0 Å². The third-order valence-electron chi connectivity index (χ3n) is 7.52. The van der Waals surface area contributed by atoms with Gasteiger partial charge in [-0.3, -0.25) is 14.4 Å². The zero-order chi connectivity index (χ0) is 26.4. The van der Waals surface area contributed by atoms with Crippen LogP contribution in [0, 0.1) is 6.92 Å². The Bertz CT molecular complexity index is 1370. The van der Waals surface area contributed by atoms with E-state index in [0.717, 1.165) is 22.0 Å². The van der Waals surface area contributed by atoms with E-state index < -0.39 is 17.2 Å².